The second kappa shape index (κ2) is 20.8. The molecule has 0 saturated carbocycles. The zero-order valence-corrected chi connectivity index (χ0v) is 27.6. The summed E-state index contributed by atoms with van der Waals surface area (Å²) < 4.78 is 32.6. The SMILES string of the molecule is C#C.C/C=C\C(F)=C(\F)C1=CCc2ccccc2SC1.C=C(C(=O)/C=C\N1CC(=O)N2CCOCC2N1)N1CCN(C)CC1.O=CO. The second-order valence-corrected chi connectivity index (χ2v) is 11.5. The minimum Gasteiger partial charge on any atom is -0.483 e. The van der Waals surface area contributed by atoms with Crippen molar-refractivity contribution in [3.05, 3.63) is 89.8 Å². The average Bonchev–Trinajstić information content (AvgIpc) is 3.31. The number of piperazine rings is 1. The van der Waals surface area contributed by atoms with Gasteiger partial charge >= 0.3 is 0 Å². The van der Waals surface area contributed by atoms with Crippen LogP contribution in [0.1, 0.15) is 12.5 Å². The summed E-state index contributed by atoms with van der Waals surface area (Å²) in [7, 11) is 2.07. The number of ketones is 1. The number of nitrogens with zero attached hydrogens (tertiary/aromatic N) is 4. The zero-order valence-electron chi connectivity index (χ0n) is 26.8. The van der Waals surface area contributed by atoms with Gasteiger partial charge in [-0.05, 0) is 43.7 Å². The average molecular weight is 672 g/mol. The Morgan fingerprint density at radius 3 is 2.51 bits per heavy atom. The number of fused-ring (bicyclic) bond motifs is 2. The van der Waals surface area contributed by atoms with Crippen molar-refractivity contribution in [1.82, 2.24) is 25.1 Å². The number of benzene rings is 1. The van der Waals surface area contributed by atoms with Crippen LogP contribution in [0.5, 0.6) is 0 Å². The van der Waals surface area contributed by atoms with Crippen molar-refractivity contribution < 1.29 is 33.0 Å². The summed E-state index contributed by atoms with van der Waals surface area (Å²) in [6, 6.07) is 7.96. The molecule has 2 N–H and O–H groups in total. The normalized spacial score (nSPS) is 20.0. The first-order valence-electron chi connectivity index (χ1n) is 14.9. The standard InChI is InChI=1S/C16H25N5O3.C15H14F2S.C2H2.CH2O2/c1-13(19-7-5-18(2)6-8-19)14(22)3-4-20-11-16(23)21-9-10-24-12-15(21)17-20;1-2-5-13(16)15(17)12-9-8-11-6-3-4-7-14(11)18-10-12;1-2;2-1-3/h3-4,15,17H,1,5-12H2,2H3;2-7,9H,8,10H2,1H3;1-2H;1H,(H,2,3)/b4-3-;5-2-,15-13-;;. The molecule has 10 nitrogen and oxygen atoms in total. The Morgan fingerprint density at radius 1 is 1.15 bits per heavy atom. The lowest BCUT2D eigenvalue weighted by Gasteiger charge is -2.43. The lowest BCUT2D eigenvalue weighted by Crippen LogP contribution is -2.65. The van der Waals surface area contributed by atoms with Crippen LogP contribution in [-0.4, -0.2) is 114 Å². The van der Waals surface area contributed by atoms with E-state index in [9.17, 15) is 18.4 Å². The van der Waals surface area contributed by atoms with E-state index >= 15 is 0 Å². The summed E-state index contributed by atoms with van der Waals surface area (Å²) >= 11 is 1.55. The number of allylic oxidation sites excluding steroid dienone is 6. The molecule has 1 amide bonds. The van der Waals surface area contributed by atoms with Gasteiger partial charge in [-0.15, -0.1) is 24.6 Å². The van der Waals surface area contributed by atoms with Crippen LogP contribution in [0.4, 0.5) is 8.78 Å². The fourth-order valence-corrected chi connectivity index (χ4v) is 5.92. The molecule has 254 valence electrons. The van der Waals surface area contributed by atoms with Crippen molar-refractivity contribution in [1.29, 1.82) is 0 Å². The molecule has 0 spiro atoms. The third-order valence-electron chi connectivity index (χ3n) is 7.37. The number of rotatable bonds is 6. The number of amides is 1. The molecular formula is C34H43F2N5O5S. The number of carboxylic acid groups (broad SMARTS) is 1. The van der Waals surface area contributed by atoms with Crippen molar-refractivity contribution in [2.45, 2.75) is 24.4 Å². The molecule has 1 unspecified atom stereocenters. The van der Waals surface area contributed by atoms with E-state index in [-0.39, 0.29) is 30.9 Å². The van der Waals surface area contributed by atoms with Gasteiger partial charge < -0.3 is 29.6 Å². The van der Waals surface area contributed by atoms with Crippen molar-refractivity contribution in [3.8, 4) is 12.8 Å². The van der Waals surface area contributed by atoms with Gasteiger partial charge in [-0.2, -0.15) is 0 Å². The number of ether oxygens (including phenoxy) is 1. The third kappa shape index (κ3) is 12.1. The Bertz CT molecular complexity index is 1370. The van der Waals surface area contributed by atoms with E-state index in [1.165, 1.54) is 12.2 Å². The summed E-state index contributed by atoms with van der Waals surface area (Å²) in [5.74, 6) is -1.16. The predicted octanol–water partition coefficient (Wildman–Crippen LogP) is 3.77. The number of hydrogen-bond donors (Lipinski definition) is 2. The van der Waals surface area contributed by atoms with Crippen LogP contribution in [0, 0.1) is 12.8 Å². The quantitative estimate of drug-likeness (QED) is 0.201. The van der Waals surface area contributed by atoms with E-state index in [0.29, 0.717) is 43.2 Å². The molecular weight excluding hydrogens is 628 g/mol. The number of hydrogen-bond acceptors (Lipinski definition) is 9. The number of hydrazine groups is 1. The number of thioether (sulfide) groups is 1. The molecule has 4 aliphatic heterocycles. The summed E-state index contributed by atoms with van der Waals surface area (Å²) in [6.45, 7) is 10.6. The maximum Gasteiger partial charge on any atom is 0.290 e. The first-order chi connectivity index (χ1) is 22.7. The minimum absolute atomic E-state index is 0.0389. The Kier molecular flexibility index (Phi) is 17.3. The second-order valence-electron chi connectivity index (χ2n) is 10.4. The van der Waals surface area contributed by atoms with Gasteiger partial charge in [0.15, 0.2) is 11.7 Å². The minimum atomic E-state index is -0.796. The number of nitrogens with one attached hydrogen (secondary N) is 1. The molecule has 13 heteroatoms. The topological polar surface area (TPSA) is 106 Å². The van der Waals surface area contributed by atoms with Gasteiger partial charge in [0.2, 0.25) is 11.7 Å². The summed E-state index contributed by atoms with van der Waals surface area (Å²) in [5.41, 5.74) is 5.30. The highest BCUT2D eigenvalue weighted by Gasteiger charge is 2.33. The molecule has 1 aromatic rings. The number of carbonyl (C=O) groups excluding carboxylic acids is 2. The van der Waals surface area contributed by atoms with Crippen LogP contribution in [0.3, 0.4) is 0 Å². The van der Waals surface area contributed by atoms with E-state index in [1.807, 2.05) is 29.2 Å². The van der Waals surface area contributed by atoms with Gasteiger partial charge in [-0.1, -0.05) is 36.9 Å². The molecule has 0 aromatic heterocycles. The van der Waals surface area contributed by atoms with Crippen LogP contribution in [0.15, 0.2) is 89.2 Å². The van der Waals surface area contributed by atoms with Crippen LogP contribution in [-0.2, 0) is 25.5 Å². The number of carbonyl (C=O) groups is 3. The number of terminal acetylenes is 1. The molecule has 3 fully saturated rings. The Morgan fingerprint density at radius 2 is 1.83 bits per heavy atom. The maximum absolute atomic E-state index is 13.8. The monoisotopic (exact) mass is 671 g/mol. The number of likely N-dealkylation sites (N-methyl/N-ethyl adjacent to an activating group) is 1. The molecule has 47 heavy (non-hydrogen) atoms. The largest absolute Gasteiger partial charge is 0.483 e. The number of halogens is 2. The summed E-state index contributed by atoms with van der Waals surface area (Å²) in [5, 5.41) is 8.54. The van der Waals surface area contributed by atoms with Gasteiger partial charge in [-0.25, -0.2) is 14.2 Å². The number of morpholine rings is 1. The van der Waals surface area contributed by atoms with Crippen LogP contribution in [0.2, 0.25) is 0 Å². The van der Waals surface area contributed by atoms with Gasteiger partial charge in [0.25, 0.3) is 6.47 Å². The van der Waals surface area contributed by atoms with E-state index in [0.717, 1.165) is 42.7 Å². The smallest absolute Gasteiger partial charge is 0.290 e. The first kappa shape index (κ1) is 39.0. The lowest BCUT2D eigenvalue weighted by atomic mass is 10.1. The highest BCUT2D eigenvalue weighted by molar-refractivity contribution is 7.99. The molecule has 1 atom stereocenters. The van der Waals surface area contributed by atoms with Crippen LogP contribution in [0.25, 0.3) is 0 Å². The van der Waals surface area contributed by atoms with Crippen LogP contribution >= 0.6 is 11.8 Å². The van der Waals surface area contributed by atoms with Crippen molar-refractivity contribution >= 4 is 29.9 Å². The molecule has 0 radical (unpaired) electrons. The van der Waals surface area contributed by atoms with Gasteiger partial charge in [-0.3, -0.25) is 14.4 Å². The maximum atomic E-state index is 13.8. The molecule has 0 bridgehead atoms. The van der Waals surface area contributed by atoms with Crippen molar-refractivity contribution in [3.63, 3.8) is 0 Å². The highest BCUT2D eigenvalue weighted by atomic mass is 32.2. The van der Waals surface area contributed by atoms with Crippen molar-refractivity contribution in [2.24, 2.45) is 0 Å². The Hall–Kier alpha value is -4.22. The summed E-state index contributed by atoms with van der Waals surface area (Å²) in [4.78, 5) is 40.0. The molecule has 5 rings (SSSR count). The fourth-order valence-electron chi connectivity index (χ4n) is 4.85. The molecule has 4 heterocycles. The molecule has 1 aromatic carbocycles. The highest BCUT2D eigenvalue weighted by Crippen LogP contribution is 2.32. The van der Waals surface area contributed by atoms with E-state index < -0.39 is 11.7 Å². The lowest BCUT2D eigenvalue weighted by molar-refractivity contribution is -0.153. The molecule has 4 aliphatic rings. The summed E-state index contributed by atoms with van der Waals surface area (Å²) in [6.07, 6.45) is 16.0. The zero-order chi connectivity index (χ0) is 34.8. The third-order valence-corrected chi connectivity index (χ3v) is 8.54. The van der Waals surface area contributed by atoms with E-state index in [4.69, 9.17) is 14.6 Å². The van der Waals surface area contributed by atoms with Gasteiger partial charge in [0.1, 0.15) is 12.7 Å². The van der Waals surface area contributed by atoms with E-state index in [1.54, 1.807) is 40.9 Å². The van der Waals surface area contributed by atoms with Gasteiger partial charge in [0, 0.05) is 55.6 Å². The Balaban J connectivity index is 0.000000297. The Labute approximate surface area is 280 Å². The predicted molar refractivity (Wildman–Crippen MR) is 180 cm³/mol. The van der Waals surface area contributed by atoms with Gasteiger partial charge in [0.05, 0.1) is 18.9 Å². The van der Waals surface area contributed by atoms with E-state index in [2.05, 4.69) is 36.8 Å². The fraction of sp³-hybridized carbons (Fsp3) is 0.382. The van der Waals surface area contributed by atoms with Crippen molar-refractivity contribution in [2.75, 3.05) is 65.3 Å². The molecule has 3 saturated heterocycles. The molecule has 0 aliphatic carbocycles. The first-order valence-corrected chi connectivity index (χ1v) is 15.9. The van der Waals surface area contributed by atoms with Crippen LogP contribution < -0.4 is 5.43 Å².